The third kappa shape index (κ3) is 5.07. The number of aliphatic hydroxyl groups excluding tert-OH is 1. The first-order valence-corrected chi connectivity index (χ1v) is 10.4. The van der Waals surface area contributed by atoms with Gasteiger partial charge in [0, 0.05) is 11.6 Å². The molecule has 1 fully saturated rings. The summed E-state index contributed by atoms with van der Waals surface area (Å²) in [4.78, 5) is 24.8. The minimum Gasteiger partial charge on any atom is -0.534 e. The Morgan fingerprint density at radius 2 is 2.06 bits per heavy atom. The van der Waals surface area contributed by atoms with E-state index in [1.807, 2.05) is 0 Å². The lowest BCUT2D eigenvalue weighted by atomic mass is 9.72. The van der Waals surface area contributed by atoms with E-state index >= 15 is 0 Å². The summed E-state index contributed by atoms with van der Waals surface area (Å²) in [5, 5.41) is 45.7. The summed E-state index contributed by atoms with van der Waals surface area (Å²) in [6.45, 7) is 1.50. The standard InChI is InChI=1S/C19H25BN6O6/c27-16(10-26-9-14(24-25-26)18(28)22-12-4-6-21-7-5-12)23-15-8-11-2-1-3-13(19(29)30)17(11)32-20(15)31/h1-3,9,12,15,19,21,29-31H,4-8,10H2,(H,22,28)(H,23,27)/t15-/m0/s1. The lowest BCUT2D eigenvalue weighted by molar-refractivity contribution is -0.122. The minimum absolute atomic E-state index is 0.0836. The second-order valence-corrected chi connectivity index (χ2v) is 7.89. The molecule has 1 saturated heterocycles. The average molecular weight is 444 g/mol. The molecule has 0 radical (unpaired) electrons. The largest absolute Gasteiger partial charge is 0.547 e. The molecular weight excluding hydrogens is 419 g/mol. The highest BCUT2D eigenvalue weighted by atomic mass is 16.5. The highest BCUT2D eigenvalue weighted by Crippen LogP contribution is 2.32. The molecular formula is C19H25BN6O6. The Morgan fingerprint density at radius 1 is 1.28 bits per heavy atom. The molecule has 12 nitrogen and oxygen atoms in total. The first kappa shape index (κ1) is 22.2. The molecule has 1 aromatic carbocycles. The molecule has 0 spiro atoms. The second kappa shape index (κ2) is 9.65. The summed E-state index contributed by atoms with van der Waals surface area (Å²) < 4.78 is 6.67. The summed E-state index contributed by atoms with van der Waals surface area (Å²) in [6.07, 6.45) is 1.58. The summed E-state index contributed by atoms with van der Waals surface area (Å²) in [5.74, 6) is -1.33. The summed E-state index contributed by atoms with van der Waals surface area (Å²) in [7, 11) is -1.37. The zero-order chi connectivity index (χ0) is 22.7. The number of hydrogen-bond donors (Lipinski definition) is 6. The van der Waals surface area contributed by atoms with Crippen LogP contribution in [0, 0.1) is 0 Å². The SMILES string of the molecule is O=C(Cn1cc(C(=O)NC2CCNCC2)nn1)N[C@H]1Cc2cccc(C(O)O)c2OB1O. The molecule has 0 saturated carbocycles. The van der Waals surface area contributed by atoms with Crippen molar-refractivity contribution in [3.8, 4) is 5.75 Å². The van der Waals surface area contributed by atoms with E-state index in [1.54, 1.807) is 12.1 Å². The van der Waals surface area contributed by atoms with Crippen molar-refractivity contribution in [2.45, 2.75) is 44.1 Å². The summed E-state index contributed by atoms with van der Waals surface area (Å²) >= 11 is 0. The Bertz CT molecular complexity index is 979. The number of carbonyl (C=O) groups is 2. The number of benzene rings is 1. The molecule has 2 aliphatic heterocycles. The number of aromatic nitrogens is 3. The number of carbonyl (C=O) groups excluding carboxylic acids is 2. The fourth-order valence-corrected chi connectivity index (χ4v) is 3.88. The molecule has 32 heavy (non-hydrogen) atoms. The van der Waals surface area contributed by atoms with Gasteiger partial charge in [-0.15, -0.1) is 5.10 Å². The van der Waals surface area contributed by atoms with Crippen molar-refractivity contribution in [2.75, 3.05) is 13.1 Å². The first-order valence-electron chi connectivity index (χ1n) is 10.4. The fraction of sp³-hybridized carbons (Fsp3) is 0.474. The molecule has 2 amide bonds. The molecule has 0 bridgehead atoms. The number of rotatable bonds is 6. The van der Waals surface area contributed by atoms with Gasteiger partial charge < -0.3 is 35.8 Å². The lowest BCUT2D eigenvalue weighted by Crippen LogP contribution is -2.53. The molecule has 170 valence electrons. The van der Waals surface area contributed by atoms with E-state index in [9.17, 15) is 24.8 Å². The maximum atomic E-state index is 12.5. The molecule has 2 aromatic rings. The highest BCUT2D eigenvalue weighted by Gasteiger charge is 2.37. The highest BCUT2D eigenvalue weighted by molar-refractivity contribution is 6.46. The maximum absolute atomic E-state index is 12.5. The number of amides is 2. The fourth-order valence-electron chi connectivity index (χ4n) is 3.88. The Morgan fingerprint density at radius 3 is 2.81 bits per heavy atom. The predicted octanol–water partition coefficient (Wildman–Crippen LogP) is -2.12. The maximum Gasteiger partial charge on any atom is 0.547 e. The van der Waals surface area contributed by atoms with E-state index in [1.165, 1.54) is 16.9 Å². The smallest absolute Gasteiger partial charge is 0.534 e. The van der Waals surface area contributed by atoms with Crippen LogP contribution in [0.1, 0.15) is 40.7 Å². The summed E-state index contributed by atoms with van der Waals surface area (Å²) in [5.41, 5.74) is 0.898. The first-order chi connectivity index (χ1) is 15.4. The number of fused-ring (bicyclic) bond motifs is 1. The van der Waals surface area contributed by atoms with Crippen LogP contribution in [0.3, 0.4) is 0 Å². The van der Waals surface area contributed by atoms with Crippen LogP contribution in [0.4, 0.5) is 0 Å². The number of para-hydroxylation sites is 1. The zero-order valence-corrected chi connectivity index (χ0v) is 17.3. The van der Waals surface area contributed by atoms with E-state index in [-0.39, 0.29) is 41.9 Å². The summed E-state index contributed by atoms with van der Waals surface area (Å²) in [6, 6.07) is 4.93. The molecule has 2 aliphatic rings. The molecule has 0 aliphatic carbocycles. The predicted molar refractivity (Wildman–Crippen MR) is 111 cm³/mol. The van der Waals surface area contributed by atoms with Gasteiger partial charge >= 0.3 is 7.12 Å². The quantitative estimate of drug-likeness (QED) is 0.215. The van der Waals surface area contributed by atoms with Crippen molar-refractivity contribution in [1.29, 1.82) is 0 Å². The van der Waals surface area contributed by atoms with E-state index < -0.39 is 25.3 Å². The monoisotopic (exact) mass is 444 g/mol. The zero-order valence-electron chi connectivity index (χ0n) is 17.3. The topological polar surface area (TPSA) is 171 Å². The van der Waals surface area contributed by atoms with Gasteiger partial charge in [-0.2, -0.15) is 0 Å². The van der Waals surface area contributed by atoms with Gasteiger partial charge in [0.2, 0.25) is 5.91 Å². The Kier molecular flexibility index (Phi) is 6.70. The van der Waals surface area contributed by atoms with Crippen LogP contribution in [0.2, 0.25) is 0 Å². The van der Waals surface area contributed by atoms with Crippen LogP contribution < -0.4 is 20.6 Å². The van der Waals surface area contributed by atoms with E-state index in [2.05, 4.69) is 26.3 Å². The molecule has 4 rings (SSSR count). The van der Waals surface area contributed by atoms with Gasteiger partial charge in [-0.25, -0.2) is 4.68 Å². The normalized spacial score (nSPS) is 18.8. The third-order valence-corrected chi connectivity index (χ3v) is 5.53. The second-order valence-electron chi connectivity index (χ2n) is 7.89. The van der Waals surface area contributed by atoms with Crippen molar-refractivity contribution >= 4 is 18.9 Å². The molecule has 1 atom stereocenters. The number of hydrogen-bond acceptors (Lipinski definition) is 9. The number of nitrogens with zero attached hydrogens (tertiary/aromatic N) is 3. The van der Waals surface area contributed by atoms with Gasteiger partial charge in [0.05, 0.1) is 12.1 Å². The third-order valence-electron chi connectivity index (χ3n) is 5.53. The van der Waals surface area contributed by atoms with Crippen molar-refractivity contribution in [1.82, 2.24) is 30.9 Å². The van der Waals surface area contributed by atoms with Gasteiger partial charge in [0.1, 0.15) is 12.3 Å². The minimum atomic E-state index is -1.74. The van der Waals surface area contributed by atoms with E-state index in [4.69, 9.17) is 4.65 Å². The van der Waals surface area contributed by atoms with Gasteiger partial charge in [0.15, 0.2) is 12.0 Å². The van der Waals surface area contributed by atoms with Gasteiger partial charge in [-0.3, -0.25) is 9.59 Å². The van der Waals surface area contributed by atoms with Crippen molar-refractivity contribution < 1.29 is 29.5 Å². The Labute approximate surface area is 184 Å². The lowest BCUT2D eigenvalue weighted by Gasteiger charge is -2.29. The number of nitrogens with one attached hydrogen (secondary N) is 3. The van der Waals surface area contributed by atoms with Gasteiger partial charge in [-0.05, 0) is 37.9 Å². The van der Waals surface area contributed by atoms with E-state index in [0.717, 1.165) is 25.9 Å². The van der Waals surface area contributed by atoms with E-state index in [0.29, 0.717) is 5.56 Å². The Balaban J connectivity index is 1.33. The van der Waals surface area contributed by atoms with Gasteiger partial charge in [0.25, 0.3) is 5.91 Å². The van der Waals surface area contributed by atoms with Crippen LogP contribution in [0.5, 0.6) is 5.75 Å². The van der Waals surface area contributed by atoms with Crippen LogP contribution in [-0.4, -0.2) is 74.2 Å². The van der Waals surface area contributed by atoms with Crippen LogP contribution in [0.25, 0.3) is 0 Å². The number of aliphatic hydroxyl groups is 2. The average Bonchev–Trinajstić information content (AvgIpc) is 3.23. The molecule has 3 heterocycles. The molecule has 13 heteroatoms. The Hall–Kier alpha value is -3.00. The van der Waals surface area contributed by atoms with Crippen LogP contribution in [-0.2, 0) is 17.8 Å². The molecule has 6 N–H and O–H groups in total. The molecule has 0 unspecified atom stereocenters. The van der Waals surface area contributed by atoms with Crippen molar-refractivity contribution in [3.63, 3.8) is 0 Å². The van der Waals surface area contributed by atoms with Gasteiger partial charge in [-0.1, -0.05) is 23.4 Å². The number of piperidine rings is 1. The molecule has 1 aromatic heterocycles. The van der Waals surface area contributed by atoms with Crippen molar-refractivity contribution in [2.24, 2.45) is 0 Å². The van der Waals surface area contributed by atoms with Crippen LogP contribution in [0.15, 0.2) is 24.4 Å². The van der Waals surface area contributed by atoms with Crippen molar-refractivity contribution in [3.05, 3.63) is 41.2 Å². The van der Waals surface area contributed by atoms with Crippen LogP contribution >= 0.6 is 0 Å².